The Bertz CT molecular complexity index is 337. The van der Waals surface area contributed by atoms with Gasteiger partial charge in [-0.1, -0.05) is 13.8 Å². The van der Waals surface area contributed by atoms with Gasteiger partial charge in [-0.25, -0.2) is 0 Å². The SMILES string of the molecule is CC.Cc1cc(C(F)(F)F)nn1C1CCC1. The predicted molar refractivity (Wildman–Crippen MR) is 56.2 cm³/mol. The minimum Gasteiger partial charge on any atom is -0.266 e. The molecule has 0 radical (unpaired) electrons. The molecule has 0 atom stereocenters. The molecular weight excluding hydrogens is 217 g/mol. The fourth-order valence-electron chi connectivity index (χ4n) is 1.63. The van der Waals surface area contributed by atoms with Crippen molar-refractivity contribution in [3.8, 4) is 0 Å². The molecule has 0 bridgehead atoms. The average Bonchev–Trinajstić information content (AvgIpc) is 2.48. The number of hydrogen-bond acceptors (Lipinski definition) is 1. The summed E-state index contributed by atoms with van der Waals surface area (Å²) in [5.41, 5.74) is -0.177. The quantitative estimate of drug-likeness (QED) is 0.719. The molecule has 0 saturated heterocycles. The average molecular weight is 234 g/mol. The topological polar surface area (TPSA) is 17.8 Å². The summed E-state index contributed by atoms with van der Waals surface area (Å²) in [5, 5.41) is 3.59. The summed E-state index contributed by atoms with van der Waals surface area (Å²) in [4.78, 5) is 0. The summed E-state index contributed by atoms with van der Waals surface area (Å²) < 4.78 is 38.4. The van der Waals surface area contributed by atoms with Crippen LogP contribution in [0.2, 0.25) is 0 Å². The van der Waals surface area contributed by atoms with Crippen molar-refractivity contribution >= 4 is 0 Å². The van der Waals surface area contributed by atoms with Gasteiger partial charge in [0, 0.05) is 5.69 Å². The number of hydrogen-bond donors (Lipinski definition) is 0. The molecule has 1 aliphatic carbocycles. The Morgan fingerprint density at radius 2 is 1.88 bits per heavy atom. The Kier molecular flexibility index (Phi) is 3.99. The van der Waals surface area contributed by atoms with E-state index in [4.69, 9.17) is 0 Å². The van der Waals surface area contributed by atoms with Crippen molar-refractivity contribution in [2.24, 2.45) is 0 Å². The fraction of sp³-hybridized carbons (Fsp3) is 0.727. The van der Waals surface area contributed by atoms with Crippen LogP contribution >= 0.6 is 0 Å². The zero-order valence-corrected chi connectivity index (χ0v) is 9.80. The lowest BCUT2D eigenvalue weighted by Gasteiger charge is -2.26. The van der Waals surface area contributed by atoms with E-state index in [2.05, 4.69) is 5.10 Å². The van der Waals surface area contributed by atoms with Crippen LogP contribution in [-0.4, -0.2) is 9.78 Å². The van der Waals surface area contributed by atoms with E-state index in [0.29, 0.717) is 5.69 Å². The number of halogens is 3. The molecule has 92 valence electrons. The van der Waals surface area contributed by atoms with Crippen molar-refractivity contribution in [2.45, 2.75) is 52.3 Å². The zero-order valence-electron chi connectivity index (χ0n) is 9.80. The summed E-state index contributed by atoms with van der Waals surface area (Å²) in [5.74, 6) is 0. The minimum absolute atomic E-state index is 0.186. The van der Waals surface area contributed by atoms with Gasteiger partial charge in [-0.2, -0.15) is 18.3 Å². The summed E-state index contributed by atoms with van der Waals surface area (Å²) in [6, 6.07) is 1.30. The van der Waals surface area contributed by atoms with Crippen LogP contribution < -0.4 is 0 Å². The molecule has 1 aliphatic rings. The van der Waals surface area contributed by atoms with Gasteiger partial charge in [-0.15, -0.1) is 0 Å². The first-order valence-electron chi connectivity index (χ1n) is 5.62. The van der Waals surface area contributed by atoms with E-state index in [1.165, 1.54) is 4.68 Å². The molecule has 0 spiro atoms. The second-order valence-corrected chi connectivity index (χ2v) is 3.70. The largest absolute Gasteiger partial charge is 0.435 e. The van der Waals surface area contributed by atoms with Crippen LogP contribution in [0.25, 0.3) is 0 Å². The van der Waals surface area contributed by atoms with Crippen LogP contribution in [-0.2, 0) is 6.18 Å². The second-order valence-electron chi connectivity index (χ2n) is 3.70. The molecule has 16 heavy (non-hydrogen) atoms. The molecule has 0 amide bonds. The fourth-order valence-corrected chi connectivity index (χ4v) is 1.63. The molecule has 0 N–H and O–H groups in total. The summed E-state index contributed by atoms with van der Waals surface area (Å²) in [6.07, 6.45) is -1.34. The van der Waals surface area contributed by atoms with Crippen LogP contribution in [0, 0.1) is 6.92 Å². The monoisotopic (exact) mass is 234 g/mol. The van der Waals surface area contributed by atoms with E-state index in [-0.39, 0.29) is 6.04 Å². The van der Waals surface area contributed by atoms with Crippen LogP contribution in [0.1, 0.15) is 50.5 Å². The molecule has 0 aliphatic heterocycles. The van der Waals surface area contributed by atoms with Crippen LogP contribution in [0.5, 0.6) is 0 Å². The van der Waals surface area contributed by atoms with Gasteiger partial charge >= 0.3 is 6.18 Å². The van der Waals surface area contributed by atoms with Gasteiger partial charge in [0.15, 0.2) is 5.69 Å². The van der Waals surface area contributed by atoms with Crippen molar-refractivity contribution in [3.05, 3.63) is 17.5 Å². The lowest BCUT2D eigenvalue weighted by molar-refractivity contribution is -0.141. The third kappa shape index (κ3) is 2.57. The third-order valence-electron chi connectivity index (χ3n) is 2.63. The summed E-state index contributed by atoms with van der Waals surface area (Å²) >= 11 is 0. The summed E-state index contributed by atoms with van der Waals surface area (Å²) in [7, 11) is 0. The molecule has 1 saturated carbocycles. The molecular formula is C11H17F3N2. The minimum atomic E-state index is -4.32. The number of rotatable bonds is 1. The molecule has 5 heteroatoms. The zero-order chi connectivity index (χ0) is 12.3. The molecule has 1 aromatic rings. The maximum absolute atomic E-state index is 12.3. The predicted octanol–water partition coefficient (Wildman–Crippen LogP) is 3.96. The standard InChI is InChI=1S/C9H11F3N2.C2H6/c1-6-5-8(9(10,11)12)13-14(6)7-3-2-4-7;1-2/h5,7H,2-4H2,1H3;1-2H3. The Hall–Kier alpha value is -1.00. The first kappa shape index (κ1) is 13.1. The smallest absolute Gasteiger partial charge is 0.266 e. The first-order chi connectivity index (χ1) is 7.48. The molecule has 2 nitrogen and oxygen atoms in total. The van der Waals surface area contributed by atoms with Gasteiger partial charge in [-0.3, -0.25) is 4.68 Å². The highest BCUT2D eigenvalue weighted by molar-refractivity contribution is 5.13. The highest BCUT2D eigenvalue weighted by atomic mass is 19.4. The van der Waals surface area contributed by atoms with Crippen molar-refractivity contribution in [2.75, 3.05) is 0 Å². The van der Waals surface area contributed by atoms with E-state index in [1.54, 1.807) is 6.92 Å². The Morgan fingerprint density at radius 1 is 1.31 bits per heavy atom. The molecule has 0 aromatic carbocycles. The number of alkyl halides is 3. The first-order valence-corrected chi connectivity index (χ1v) is 5.62. The lowest BCUT2D eigenvalue weighted by atomic mass is 9.93. The molecule has 1 fully saturated rings. The van der Waals surface area contributed by atoms with Crippen LogP contribution in [0.15, 0.2) is 6.07 Å². The van der Waals surface area contributed by atoms with Crippen molar-refractivity contribution in [1.82, 2.24) is 9.78 Å². The van der Waals surface area contributed by atoms with E-state index in [9.17, 15) is 13.2 Å². The van der Waals surface area contributed by atoms with Gasteiger partial charge in [0.05, 0.1) is 6.04 Å². The molecule has 1 heterocycles. The van der Waals surface area contributed by atoms with E-state index < -0.39 is 11.9 Å². The maximum atomic E-state index is 12.3. The Balaban J connectivity index is 0.000000606. The van der Waals surface area contributed by atoms with E-state index in [0.717, 1.165) is 25.3 Å². The normalized spacial score (nSPS) is 16.4. The van der Waals surface area contributed by atoms with E-state index >= 15 is 0 Å². The maximum Gasteiger partial charge on any atom is 0.435 e. The van der Waals surface area contributed by atoms with Gasteiger partial charge in [0.1, 0.15) is 0 Å². The van der Waals surface area contributed by atoms with Crippen molar-refractivity contribution in [3.63, 3.8) is 0 Å². The van der Waals surface area contributed by atoms with Crippen LogP contribution in [0.3, 0.4) is 0 Å². The number of nitrogens with zero attached hydrogens (tertiary/aromatic N) is 2. The van der Waals surface area contributed by atoms with Gasteiger partial charge < -0.3 is 0 Å². The van der Waals surface area contributed by atoms with Gasteiger partial charge in [0.25, 0.3) is 0 Å². The summed E-state index contributed by atoms with van der Waals surface area (Å²) in [6.45, 7) is 5.67. The Morgan fingerprint density at radius 3 is 2.19 bits per heavy atom. The molecule has 2 rings (SSSR count). The van der Waals surface area contributed by atoms with Crippen LogP contribution in [0.4, 0.5) is 13.2 Å². The lowest BCUT2D eigenvalue weighted by Crippen LogP contribution is -2.20. The third-order valence-corrected chi connectivity index (χ3v) is 2.63. The van der Waals surface area contributed by atoms with E-state index in [1.807, 2.05) is 13.8 Å². The van der Waals surface area contributed by atoms with Crippen molar-refractivity contribution in [1.29, 1.82) is 0 Å². The Labute approximate surface area is 93.5 Å². The second kappa shape index (κ2) is 4.89. The highest BCUT2D eigenvalue weighted by Crippen LogP contribution is 2.35. The molecule has 0 unspecified atom stereocenters. The highest BCUT2D eigenvalue weighted by Gasteiger charge is 2.35. The van der Waals surface area contributed by atoms with Gasteiger partial charge in [0.2, 0.25) is 0 Å². The number of aromatic nitrogens is 2. The number of aryl methyl sites for hydroxylation is 1. The molecule has 1 aromatic heterocycles. The van der Waals surface area contributed by atoms with Gasteiger partial charge in [-0.05, 0) is 32.3 Å². The van der Waals surface area contributed by atoms with Crippen molar-refractivity contribution < 1.29 is 13.2 Å².